The molecule has 0 spiro atoms. The largest absolute Gasteiger partial charge is 0.325 e. The molecule has 0 bridgehead atoms. The molecule has 1 aromatic carbocycles. The third-order valence-corrected chi connectivity index (χ3v) is 1.89. The average Bonchev–Trinajstić information content (AvgIpc) is 2.21. The summed E-state index contributed by atoms with van der Waals surface area (Å²) in [6, 6.07) is 7.35. The third kappa shape index (κ3) is 3.68. The maximum atomic E-state index is 7.28. The summed E-state index contributed by atoms with van der Waals surface area (Å²) in [5.74, 6) is 0. The molecule has 4 heteroatoms. The highest BCUT2D eigenvalue weighted by molar-refractivity contribution is 6.30. The molecule has 0 radical (unpaired) electrons. The van der Waals surface area contributed by atoms with E-state index in [9.17, 15) is 0 Å². The molecule has 0 aromatic heterocycles. The molecule has 0 aliphatic carbocycles. The lowest BCUT2D eigenvalue weighted by Gasteiger charge is -1.95. The molecule has 3 N–H and O–H groups in total. The summed E-state index contributed by atoms with van der Waals surface area (Å²) < 4.78 is 0. The third-order valence-electron chi connectivity index (χ3n) is 1.64. The molecule has 1 aromatic rings. The van der Waals surface area contributed by atoms with E-state index < -0.39 is 0 Å². The quantitative estimate of drug-likeness (QED) is 0.729. The highest BCUT2D eigenvalue weighted by Crippen LogP contribution is 2.07. The van der Waals surface area contributed by atoms with Gasteiger partial charge in [-0.2, -0.15) is 0 Å². The molecule has 0 heterocycles. The SMILES string of the molecule is N=C(CN)CN=Cc1ccc(Cl)cc1. The standard InChI is InChI=1S/C10H12ClN3/c11-9-3-1-8(2-4-9)6-14-7-10(13)5-12/h1-4,6,13H,5,7,12H2. The number of hydrogen-bond donors (Lipinski definition) is 2. The van der Waals surface area contributed by atoms with Crippen LogP contribution in [0.1, 0.15) is 5.56 Å². The summed E-state index contributed by atoms with van der Waals surface area (Å²) in [5, 5.41) is 7.98. The Morgan fingerprint density at radius 2 is 2.07 bits per heavy atom. The van der Waals surface area contributed by atoms with Gasteiger partial charge in [0.2, 0.25) is 0 Å². The van der Waals surface area contributed by atoms with E-state index in [0.29, 0.717) is 17.3 Å². The molecule has 0 saturated heterocycles. The van der Waals surface area contributed by atoms with Crippen LogP contribution in [0.25, 0.3) is 0 Å². The van der Waals surface area contributed by atoms with E-state index in [1.54, 1.807) is 18.3 Å². The van der Waals surface area contributed by atoms with E-state index in [1.807, 2.05) is 12.1 Å². The second-order valence-electron chi connectivity index (χ2n) is 2.83. The van der Waals surface area contributed by atoms with E-state index in [2.05, 4.69) is 4.99 Å². The van der Waals surface area contributed by atoms with Crippen LogP contribution in [0.15, 0.2) is 29.3 Å². The molecule has 0 aliphatic heterocycles. The Morgan fingerprint density at radius 3 is 2.64 bits per heavy atom. The maximum Gasteiger partial charge on any atom is 0.0778 e. The topological polar surface area (TPSA) is 62.2 Å². The minimum atomic E-state index is 0.262. The summed E-state index contributed by atoms with van der Waals surface area (Å²) >= 11 is 5.72. The van der Waals surface area contributed by atoms with Gasteiger partial charge in [-0.15, -0.1) is 0 Å². The van der Waals surface area contributed by atoms with Crippen molar-refractivity contribution in [1.82, 2.24) is 0 Å². The molecule has 1 rings (SSSR count). The highest BCUT2D eigenvalue weighted by Gasteiger charge is 1.90. The summed E-state index contributed by atoms with van der Waals surface area (Å²) in [4.78, 5) is 4.07. The van der Waals surface area contributed by atoms with E-state index >= 15 is 0 Å². The fraction of sp³-hybridized carbons (Fsp3) is 0.200. The maximum absolute atomic E-state index is 7.28. The van der Waals surface area contributed by atoms with Crippen LogP contribution in [-0.2, 0) is 0 Å². The summed E-state index contributed by atoms with van der Waals surface area (Å²) in [7, 11) is 0. The Labute approximate surface area is 88.1 Å². The lowest BCUT2D eigenvalue weighted by Crippen LogP contribution is -2.15. The molecular weight excluding hydrogens is 198 g/mol. The number of hydrogen-bond acceptors (Lipinski definition) is 3. The van der Waals surface area contributed by atoms with Gasteiger partial charge in [-0.25, -0.2) is 0 Å². The summed E-state index contributed by atoms with van der Waals surface area (Å²) in [6.45, 7) is 0.622. The average molecular weight is 210 g/mol. The molecule has 14 heavy (non-hydrogen) atoms. The first kappa shape index (κ1) is 10.9. The Hall–Kier alpha value is -1.19. The van der Waals surface area contributed by atoms with Gasteiger partial charge in [0.25, 0.3) is 0 Å². The van der Waals surface area contributed by atoms with Crippen molar-refractivity contribution in [3.05, 3.63) is 34.9 Å². The van der Waals surface area contributed by atoms with Gasteiger partial charge in [0.1, 0.15) is 0 Å². The fourth-order valence-electron chi connectivity index (χ4n) is 0.875. The normalized spacial score (nSPS) is 10.7. The van der Waals surface area contributed by atoms with Gasteiger partial charge in [-0.05, 0) is 17.7 Å². The number of halogens is 1. The fourth-order valence-corrected chi connectivity index (χ4v) is 1.00. The first-order valence-electron chi connectivity index (χ1n) is 4.24. The number of benzene rings is 1. The minimum Gasteiger partial charge on any atom is -0.325 e. The van der Waals surface area contributed by atoms with Crippen molar-refractivity contribution in [2.75, 3.05) is 13.1 Å². The van der Waals surface area contributed by atoms with E-state index in [4.69, 9.17) is 22.7 Å². The minimum absolute atomic E-state index is 0.262. The van der Waals surface area contributed by atoms with Crippen LogP contribution in [0, 0.1) is 5.41 Å². The number of nitrogens with one attached hydrogen (secondary N) is 1. The molecule has 74 valence electrons. The molecular formula is C10H12ClN3. The van der Waals surface area contributed by atoms with E-state index in [1.165, 1.54) is 0 Å². The van der Waals surface area contributed by atoms with Gasteiger partial charge in [-0.1, -0.05) is 23.7 Å². The van der Waals surface area contributed by atoms with Crippen LogP contribution in [0.4, 0.5) is 0 Å². The Kier molecular flexibility index (Phi) is 4.29. The zero-order valence-electron chi connectivity index (χ0n) is 7.70. The molecule has 0 fully saturated rings. The Morgan fingerprint density at radius 1 is 1.43 bits per heavy atom. The van der Waals surface area contributed by atoms with Gasteiger partial charge in [-0.3, -0.25) is 4.99 Å². The predicted octanol–water partition coefficient (Wildman–Crippen LogP) is 1.74. The monoisotopic (exact) mass is 209 g/mol. The molecule has 0 saturated carbocycles. The van der Waals surface area contributed by atoms with Crippen molar-refractivity contribution in [3.8, 4) is 0 Å². The Bertz CT molecular complexity index is 330. The number of nitrogens with two attached hydrogens (primary N) is 1. The molecule has 0 aliphatic rings. The predicted molar refractivity (Wildman–Crippen MR) is 60.7 cm³/mol. The zero-order valence-corrected chi connectivity index (χ0v) is 8.46. The number of rotatable bonds is 4. The smallest absolute Gasteiger partial charge is 0.0778 e. The lowest BCUT2D eigenvalue weighted by atomic mass is 10.2. The number of aliphatic imine (C=N–C) groups is 1. The first-order valence-corrected chi connectivity index (χ1v) is 4.62. The van der Waals surface area contributed by atoms with Crippen molar-refractivity contribution in [2.45, 2.75) is 0 Å². The molecule has 0 amide bonds. The molecule has 3 nitrogen and oxygen atoms in total. The van der Waals surface area contributed by atoms with Crippen molar-refractivity contribution in [2.24, 2.45) is 10.7 Å². The van der Waals surface area contributed by atoms with Gasteiger partial charge in [0, 0.05) is 23.5 Å². The van der Waals surface area contributed by atoms with Crippen molar-refractivity contribution < 1.29 is 0 Å². The summed E-state index contributed by atoms with van der Waals surface area (Å²) in [5.41, 5.74) is 6.65. The van der Waals surface area contributed by atoms with Gasteiger partial charge in [0.05, 0.1) is 6.54 Å². The van der Waals surface area contributed by atoms with Crippen molar-refractivity contribution in [3.63, 3.8) is 0 Å². The van der Waals surface area contributed by atoms with Gasteiger partial charge >= 0.3 is 0 Å². The van der Waals surface area contributed by atoms with Crippen LogP contribution in [0.2, 0.25) is 5.02 Å². The van der Waals surface area contributed by atoms with Crippen LogP contribution in [-0.4, -0.2) is 25.0 Å². The highest BCUT2D eigenvalue weighted by atomic mass is 35.5. The second kappa shape index (κ2) is 5.52. The van der Waals surface area contributed by atoms with Crippen LogP contribution < -0.4 is 5.73 Å². The zero-order chi connectivity index (χ0) is 10.4. The van der Waals surface area contributed by atoms with E-state index in [0.717, 1.165) is 5.56 Å². The lowest BCUT2D eigenvalue weighted by molar-refractivity contribution is 1.17. The Balaban J connectivity index is 2.52. The van der Waals surface area contributed by atoms with Crippen molar-refractivity contribution in [1.29, 1.82) is 5.41 Å². The van der Waals surface area contributed by atoms with E-state index in [-0.39, 0.29) is 6.54 Å². The first-order chi connectivity index (χ1) is 6.72. The van der Waals surface area contributed by atoms with Crippen molar-refractivity contribution >= 4 is 23.5 Å². The van der Waals surface area contributed by atoms with Gasteiger partial charge in [0.15, 0.2) is 0 Å². The second-order valence-corrected chi connectivity index (χ2v) is 3.27. The molecule has 0 unspecified atom stereocenters. The van der Waals surface area contributed by atoms with Crippen LogP contribution in [0.3, 0.4) is 0 Å². The van der Waals surface area contributed by atoms with Crippen LogP contribution in [0.5, 0.6) is 0 Å². The molecule has 0 atom stereocenters. The van der Waals surface area contributed by atoms with Gasteiger partial charge < -0.3 is 11.1 Å². The van der Waals surface area contributed by atoms with Crippen LogP contribution >= 0.6 is 11.6 Å². The number of nitrogens with zero attached hydrogens (tertiary/aromatic N) is 1. The summed E-state index contributed by atoms with van der Waals surface area (Å²) in [6.07, 6.45) is 1.71.